The smallest absolute Gasteiger partial charge is 0.300 e. The Labute approximate surface area is 193 Å². The molecule has 1 atom stereocenters. The number of hydrogen-bond acceptors (Lipinski definition) is 5. The van der Waals surface area contributed by atoms with Crippen LogP contribution in [0.4, 0.5) is 5.69 Å². The molecule has 0 radical (unpaired) electrons. The zero-order valence-electron chi connectivity index (χ0n) is 19.2. The standard InChI is InChI=1S/C27H27NO5/c1-5-14-32-20-10-7-9-19(15-20)25(29)23-24(22-13-12-17(3)33-22)28(27(31)26(23)30)21-11-6-8-16(2)18(21)4/h6-13,15,24,29H,5,14H2,1-4H3/b25-23-. The number of furan rings is 1. The van der Waals surface area contributed by atoms with Gasteiger partial charge in [-0.2, -0.15) is 0 Å². The molecule has 1 unspecified atom stereocenters. The zero-order chi connectivity index (χ0) is 23.7. The largest absolute Gasteiger partial charge is 0.507 e. The lowest BCUT2D eigenvalue weighted by Gasteiger charge is -2.25. The highest BCUT2D eigenvalue weighted by molar-refractivity contribution is 6.51. The fourth-order valence-corrected chi connectivity index (χ4v) is 4.06. The molecule has 1 aliphatic heterocycles. The first-order valence-corrected chi connectivity index (χ1v) is 11.0. The van der Waals surface area contributed by atoms with Gasteiger partial charge in [0, 0.05) is 11.3 Å². The summed E-state index contributed by atoms with van der Waals surface area (Å²) in [6.45, 7) is 8.19. The van der Waals surface area contributed by atoms with Crippen molar-refractivity contribution in [2.45, 2.75) is 40.2 Å². The molecule has 1 amide bonds. The van der Waals surface area contributed by atoms with E-state index in [-0.39, 0.29) is 11.3 Å². The maximum absolute atomic E-state index is 13.3. The molecule has 4 rings (SSSR count). The molecular formula is C27H27NO5. The summed E-state index contributed by atoms with van der Waals surface area (Å²) < 4.78 is 11.5. The SMILES string of the molecule is CCCOc1cccc(/C(O)=C2/C(=O)C(=O)N(c3cccc(C)c3C)C2c2ccc(C)o2)c1. The number of rotatable bonds is 6. The average Bonchev–Trinajstić information content (AvgIpc) is 3.35. The number of carbonyl (C=O) groups excluding carboxylic acids is 2. The van der Waals surface area contributed by atoms with Gasteiger partial charge in [-0.05, 0) is 68.7 Å². The topological polar surface area (TPSA) is 80.0 Å². The van der Waals surface area contributed by atoms with Gasteiger partial charge in [-0.15, -0.1) is 0 Å². The molecule has 170 valence electrons. The van der Waals surface area contributed by atoms with Crippen LogP contribution in [0.3, 0.4) is 0 Å². The lowest BCUT2D eigenvalue weighted by atomic mass is 9.98. The zero-order valence-corrected chi connectivity index (χ0v) is 19.2. The highest BCUT2D eigenvalue weighted by atomic mass is 16.5. The second kappa shape index (κ2) is 8.98. The van der Waals surface area contributed by atoms with Crippen LogP contribution in [0, 0.1) is 20.8 Å². The van der Waals surface area contributed by atoms with E-state index in [0.717, 1.165) is 17.5 Å². The fourth-order valence-electron chi connectivity index (χ4n) is 4.06. The highest BCUT2D eigenvalue weighted by Gasteiger charge is 2.48. The number of aliphatic hydroxyl groups excluding tert-OH is 1. The van der Waals surface area contributed by atoms with Crippen molar-refractivity contribution >= 4 is 23.1 Å². The van der Waals surface area contributed by atoms with Gasteiger partial charge in [-0.3, -0.25) is 14.5 Å². The van der Waals surface area contributed by atoms with Gasteiger partial charge in [0.25, 0.3) is 11.7 Å². The number of nitrogens with zero attached hydrogens (tertiary/aromatic N) is 1. The minimum atomic E-state index is -0.889. The molecule has 0 saturated carbocycles. The van der Waals surface area contributed by atoms with Crippen LogP contribution in [0.1, 0.15) is 47.6 Å². The molecule has 2 heterocycles. The first-order chi connectivity index (χ1) is 15.8. The third kappa shape index (κ3) is 4.04. The van der Waals surface area contributed by atoms with Crippen molar-refractivity contribution in [1.82, 2.24) is 0 Å². The Kier molecular flexibility index (Phi) is 6.09. The fraction of sp³-hybridized carbons (Fsp3) is 0.259. The number of ketones is 1. The van der Waals surface area contributed by atoms with Crippen molar-refractivity contribution in [3.63, 3.8) is 0 Å². The molecular weight excluding hydrogens is 418 g/mol. The number of carbonyl (C=O) groups is 2. The van der Waals surface area contributed by atoms with Gasteiger partial charge in [0.05, 0.1) is 12.2 Å². The van der Waals surface area contributed by atoms with Crippen LogP contribution in [-0.4, -0.2) is 23.4 Å². The molecule has 6 heteroatoms. The minimum absolute atomic E-state index is 0.0112. The quantitative estimate of drug-likeness (QED) is 0.303. The van der Waals surface area contributed by atoms with Crippen LogP contribution in [-0.2, 0) is 9.59 Å². The van der Waals surface area contributed by atoms with Gasteiger partial charge in [-0.1, -0.05) is 31.2 Å². The van der Waals surface area contributed by atoms with E-state index in [1.54, 1.807) is 49.4 Å². The summed E-state index contributed by atoms with van der Waals surface area (Å²) in [6.07, 6.45) is 0.842. The van der Waals surface area contributed by atoms with E-state index in [9.17, 15) is 14.7 Å². The van der Waals surface area contributed by atoms with Gasteiger partial charge in [0.15, 0.2) is 0 Å². The van der Waals surface area contributed by atoms with E-state index in [4.69, 9.17) is 9.15 Å². The van der Waals surface area contributed by atoms with Crippen LogP contribution in [0.2, 0.25) is 0 Å². The predicted molar refractivity (Wildman–Crippen MR) is 126 cm³/mol. The maximum Gasteiger partial charge on any atom is 0.300 e. The molecule has 1 saturated heterocycles. The summed E-state index contributed by atoms with van der Waals surface area (Å²) in [7, 11) is 0. The molecule has 1 N–H and O–H groups in total. The second-order valence-corrected chi connectivity index (χ2v) is 8.21. The van der Waals surface area contributed by atoms with Crippen LogP contribution in [0.25, 0.3) is 5.76 Å². The van der Waals surface area contributed by atoms with E-state index < -0.39 is 17.7 Å². The van der Waals surface area contributed by atoms with Crippen molar-refractivity contribution in [2.24, 2.45) is 0 Å². The molecule has 33 heavy (non-hydrogen) atoms. The molecule has 1 aliphatic rings. The average molecular weight is 446 g/mol. The van der Waals surface area contributed by atoms with Crippen molar-refractivity contribution in [3.05, 3.63) is 88.4 Å². The Morgan fingerprint density at radius 3 is 2.52 bits per heavy atom. The number of anilines is 1. The number of benzene rings is 2. The van der Waals surface area contributed by atoms with Crippen LogP contribution in [0.15, 0.2) is 64.6 Å². The van der Waals surface area contributed by atoms with E-state index in [2.05, 4.69) is 0 Å². The summed E-state index contributed by atoms with van der Waals surface area (Å²) >= 11 is 0. The molecule has 0 spiro atoms. The summed E-state index contributed by atoms with van der Waals surface area (Å²) in [5.41, 5.74) is 2.86. The summed E-state index contributed by atoms with van der Waals surface area (Å²) in [4.78, 5) is 28.0. The molecule has 0 bridgehead atoms. The molecule has 6 nitrogen and oxygen atoms in total. The third-order valence-electron chi connectivity index (χ3n) is 5.89. The van der Waals surface area contributed by atoms with Crippen molar-refractivity contribution in [3.8, 4) is 5.75 Å². The van der Waals surface area contributed by atoms with Gasteiger partial charge < -0.3 is 14.3 Å². The van der Waals surface area contributed by atoms with Crippen molar-refractivity contribution < 1.29 is 23.8 Å². The molecule has 3 aromatic rings. The van der Waals surface area contributed by atoms with Crippen molar-refractivity contribution in [2.75, 3.05) is 11.5 Å². The van der Waals surface area contributed by atoms with Gasteiger partial charge in [-0.25, -0.2) is 0 Å². The lowest BCUT2D eigenvalue weighted by Crippen LogP contribution is -2.30. The van der Waals surface area contributed by atoms with Crippen LogP contribution >= 0.6 is 0 Å². The Balaban J connectivity index is 1.90. The third-order valence-corrected chi connectivity index (χ3v) is 5.89. The Hall–Kier alpha value is -3.80. The van der Waals surface area contributed by atoms with E-state index in [1.165, 1.54) is 4.90 Å². The summed E-state index contributed by atoms with van der Waals surface area (Å²) in [5.74, 6) is -0.0914. The first-order valence-electron chi connectivity index (χ1n) is 11.0. The summed E-state index contributed by atoms with van der Waals surface area (Å²) in [6, 6.07) is 15.1. The van der Waals surface area contributed by atoms with Crippen molar-refractivity contribution in [1.29, 1.82) is 0 Å². The predicted octanol–water partition coefficient (Wildman–Crippen LogP) is 5.62. The lowest BCUT2D eigenvalue weighted by molar-refractivity contribution is -0.132. The van der Waals surface area contributed by atoms with Crippen LogP contribution in [0.5, 0.6) is 5.75 Å². The van der Waals surface area contributed by atoms with Gasteiger partial charge in [0.1, 0.15) is 29.1 Å². The molecule has 2 aromatic carbocycles. The van der Waals surface area contributed by atoms with Crippen LogP contribution < -0.4 is 9.64 Å². The summed E-state index contributed by atoms with van der Waals surface area (Å²) in [5, 5.41) is 11.3. The van der Waals surface area contributed by atoms with E-state index in [1.807, 2.05) is 32.9 Å². The number of ether oxygens (including phenoxy) is 1. The second-order valence-electron chi connectivity index (χ2n) is 8.21. The molecule has 0 aliphatic carbocycles. The Bertz CT molecular complexity index is 1250. The number of hydrogen-bond donors (Lipinski definition) is 1. The highest BCUT2D eigenvalue weighted by Crippen LogP contribution is 2.44. The van der Waals surface area contributed by atoms with E-state index >= 15 is 0 Å². The molecule has 1 fully saturated rings. The number of aliphatic hydroxyl groups is 1. The van der Waals surface area contributed by atoms with Gasteiger partial charge >= 0.3 is 0 Å². The Morgan fingerprint density at radius 2 is 1.82 bits per heavy atom. The number of Topliss-reactive ketones (excluding diaryl/α,β-unsaturated/α-hetero) is 1. The monoisotopic (exact) mass is 445 g/mol. The first kappa shape index (κ1) is 22.4. The minimum Gasteiger partial charge on any atom is -0.507 e. The number of aryl methyl sites for hydroxylation is 2. The maximum atomic E-state index is 13.3. The normalized spacial score (nSPS) is 17.6. The van der Waals surface area contributed by atoms with E-state index in [0.29, 0.717) is 35.1 Å². The molecule has 1 aromatic heterocycles. The Morgan fingerprint density at radius 1 is 1.06 bits per heavy atom. The number of amides is 1. The van der Waals surface area contributed by atoms with Gasteiger partial charge in [0.2, 0.25) is 0 Å².